The van der Waals surface area contributed by atoms with E-state index in [1.54, 1.807) is 6.92 Å². The van der Waals surface area contributed by atoms with E-state index in [9.17, 15) is 10.2 Å². The molecule has 0 bridgehead atoms. The quantitative estimate of drug-likeness (QED) is 0.502. The Hall–Kier alpha value is -0.120. The zero-order chi connectivity index (χ0) is 7.72. The van der Waals surface area contributed by atoms with E-state index >= 15 is 0 Å². The number of hydrogen-bond donors (Lipinski definition) is 2. The zero-order valence-electron chi connectivity index (χ0n) is 6.32. The number of aliphatic hydroxyl groups excluding tert-OH is 2. The minimum absolute atomic E-state index is 0.0633. The second-order valence-electron chi connectivity index (χ2n) is 2.95. The molecule has 1 heterocycles. The summed E-state index contributed by atoms with van der Waals surface area (Å²) in [5.41, 5.74) is 0. The molecule has 3 nitrogen and oxygen atoms in total. The van der Waals surface area contributed by atoms with Crippen LogP contribution in [0.5, 0.6) is 0 Å². The smallest absolute Gasteiger partial charge is 0.106 e. The second kappa shape index (κ2) is 2.86. The predicted molar refractivity (Wildman–Crippen MR) is 36.6 cm³/mol. The maximum atomic E-state index is 9.19. The van der Waals surface area contributed by atoms with Crippen LogP contribution in [0.2, 0.25) is 0 Å². The Morgan fingerprint density at radius 1 is 1.30 bits per heavy atom. The van der Waals surface area contributed by atoms with Gasteiger partial charge in [0, 0.05) is 6.42 Å². The minimum Gasteiger partial charge on any atom is -0.390 e. The average molecular weight is 146 g/mol. The maximum Gasteiger partial charge on any atom is 0.106 e. The molecular formula is C7H14O3. The van der Waals surface area contributed by atoms with Gasteiger partial charge in [-0.15, -0.1) is 0 Å². The molecule has 0 radical (unpaired) electrons. The maximum absolute atomic E-state index is 9.19. The van der Waals surface area contributed by atoms with Crippen molar-refractivity contribution in [2.45, 2.75) is 44.7 Å². The number of hydrogen-bond acceptors (Lipinski definition) is 3. The van der Waals surface area contributed by atoms with Crippen molar-refractivity contribution in [2.24, 2.45) is 0 Å². The topological polar surface area (TPSA) is 49.7 Å². The van der Waals surface area contributed by atoms with Crippen LogP contribution >= 0.6 is 0 Å². The molecule has 60 valence electrons. The van der Waals surface area contributed by atoms with Crippen LogP contribution in [0.4, 0.5) is 0 Å². The summed E-state index contributed by atoms with van der Waals surface area (Å²) in [6.07, 6.45) is -0.965. The molecule has 0 amide bonds. The van der Waals surface area contributed by atoms with Crippen molar-refractivity contribution < 1.29 is 14.9 Å². The van der Waals surface area contributed by atoms with Gasteiger partial charge in [-0.05, 0) is 13.8 Å². The van der Waals surface area contributed by atoms with E-state index in [1.165, 1.54) is 0 Å². The van der Waals surface area contributed by atoms with E-state index in [0.29, 0.717) is 6.42 Å². The highest BCUT2D eigenvalue weighted by molar-refractivity contribution is 4.80. The fraction of sp³-hybridized carbons (Fsp3) is 1.00. The molecule has 0 aromatic heterocycles. The highest BCUT2D eigenvalue weighted by atomic mass is 16.5. The molecule has 1 fully saturated rings. The summed E-state index contributed by atoms with van der Waals surface area (Å²) < 4.78 is 5.26. The Labute approximate surface area is 60.6 Å². The van der Waals surface area contributed by atoms with Crippen LogP contribution in [-0.2, 0) is 4.74 Å². The van der Waals surface area contributed by atoms with Gasteiger partial charge in [-0.3, -0.25) is 0 Å². The summed E-state index contributed by atoms with van der Waals surface area (Å²) in [4.78, 5) is 0. The van der Waals surface area contributed by atoms with E-state index in [1.807, 2.05) is 6.92 Å². The molecule has 4 atom stereocenters. The van der Waals surface area contributed by atoms with Crippen molar-refractivity contribution in [1.29, 1.82) is 0 Å². The Morgan fingerprint density at radius 2 is 1.90 bits per heavy atom. The lowest BCUT2D eigenvalue weighted by Gasteiger charge is -2.33. The fourth-order valence-electron chi connectivity index (χ4n) is 1.29. The molecule has 2 N–H and O–H groups in total. The van der Waals surface area contributed by atoms with Crippen LogP contribution in [0.15, 0.2) is 0 Å². The van der Waals surface area contributed by atoms with E-state index < -0.39 is 12.2 Å². The average Bonchev–Trinajstić information content (AvgIpc) is 1.82. The fourth-order valence-corrected chi connectivity index (χ4v) is 1.29. The molecule has 3 heteroatoms. The Morgan fingerprint density at radius 3 is 2.40 bits per heavy atom. The Kier molecular flexibility index (Phi) is 2.28. The molecule has 0 aromatic rings. The van der Waals surface area contributed by atoms with Gasteiger partial charge in [-0.1, -0.05) is 0 Å². The normalized spacial score (nSPS) is 49.2. The van der Waals surface area contributed by atoms with Gasteiger partial charge in [-0.2, -0.15) is 0 Å². The van der Waals surface area contributed by atoms with E-state index in [0.717, 1.165) is 0 Å². The first-order valence-electron chi connectivity index (χ1n) is 3.63. The third-order valence-electron chi connectivity index (χ3n) is 1.90. The number of rotatable bonds is 0. The Bertz CT molecular complexity index is 103. The molecule has 0 aliphatic carbocycles. The summed E-state index contributed by atoms with van der Waals surface area (Å²) >= 11 is 0. The molecule has 1 rings (SSSR count). The van der Waals surface area contributed by atoms with Gasteiger partial charge in [0.25, 0.3) is 0 Å². The highest BCUT2D eigenvalue weighted by Gasteiger charge is 2.31. The number of ether oxygens (including phenoxy) is 1. The molecule has 1 aliphatic heterocycles. The highest BCUT2D eigenvalue weighted by Crippen LogP contribution is 2.19. The monoisotopic (exact) mass is 146 g/mol. The van der Waals surface area contributed by atoms with Gasteiger partial charge < -0.3 is 14.9 Å². The molecule has 10 heavy (non-hydrogen) atoms. The zero-order valence-corrected chi connectivity index (χ0v) is 6.32. The van der Waals surface area contributed by atoms with Gasteiger partial charge in [0.15, 0.2) is 0 Å². The van der Waals surface area contributed by atoms with Gasteiger partial charge in [0.05, 0.1) is 18.3 Å². The molecule has 1 aliphatic rings. The Balaban J connectivity index is 2.49. The lowest BCUT2D eigenvalue weighted by atomic mass is 10.00. The minimum atomic E-state index is -0.712. The summed E-state index contributed by atoms with van der Waals surface area (Å²) in [5, 5.41) is 18.4. The molecule has 1 saturated heterocycles. The van der Waals surface area contributed by atoms with Crippen molar-refractivity contribution >= 4 is 0 Å². The first kappa shape index (κ1) is 7.98. The van der Waals surface area contributed by atoms with Crippen molar-refractivity contribution in [3.8, 4) is 0 Å². The van der Waals surface area contributed by atoms with Crippen LogP contribution < -0.4 is 0 Å². The second-order valence-corrected chi connectivity index (χ2v) is 2.95. The van der Waals surface area contributed by atoms with E-state index in [4.69, 9.17) is 4.74 Å². The first-order valence-corrected chi connectivity index (χ1v) is 3.63. The standard InChI is InChI=1S/C7H14O3/c1-4-3-6(8)7(9)5(2)10-4/h4-9H,3H2,1-2H3/t4-,5?,6+,7-/m1/s1. The third-order valence-corrected chi connectivity index (χ3v) is 1.90. The van der Waals surface area contributed by atoms with Crippen molar-refractivity contribution in [3.05, 3.63) is 0 Å². The molecular weight excluding hydrogens is 132 g/mol. The van der Waals surface area contributed by atoms with Crippen LogP contribution in [0.3, 0.4) is 0 Å². The summed E-state index contributed by atoms with van der Waals surface area (Å²) in [6, 6.07) is 0. The molecule has 1 unspecified atom stereocenters. The lowest BCUT2D eigenvalue weighted by Crippen LogP contribution is -2.45. The lowest BCUT2D eigenvalue weighted by molar-refractivity contribution is -0.156. The van der Waals surface area contributed by atoms with Gasteiger partial charge in [-0.25, -0.2) is 0 Å². The summed E-state index contributed by atoms with van der Waals surface area (Å²) in [7, 11) is 0. The van der Waals surface area contributed by atoms with E-state index in [2.05, 4.69) is 0 Å². The van der Waals surface area contributed by atoms with E-state index in [-0.39, 0.29) is 12.2 Å². The molecule has 0 spiro atoms. The van der Waals surface area contributed by atoms with Crippen LogP contribution in [0.1, 0.15) is 20.3 Å². The summed E-state index contributed by atoms with van der Waals surface area (Å²) in [6.45, 7) is 3.66. The molecule has 0 saturated carbocycles. The SMILES string of the molecule is CC1O[C@H](C)C[C@H](O)[C@@H]1O. The first-order chi connectivity index (χ1) is 4.61. The van der Waals surface area contributed by atoms with Crippen LogP contribution in [0, 0.1) is 0 Å². The van der Waals surface area contributed by atoms with Crippen molar-refractivity contribution in [1.82, 2.24) is 0 Å². The van der Waals surface area contributed by atoms with Crippen LogP contribution in [-0.4, -0.2) is 34.6 Å². The molecule has 0 aromatic carbocycles. The van der Waals surface area contributed by atoms with Gasteiger partial charge >= 0.3 is 0 Å². The predicted octanol–water partition coefficient (Wildman–Crippen LogP) is -0.0945. The van der Waals surface area contributed by atoms with Crippen molar-refractivity contribution in [2.75, 3.05) is 0 Å². The number of aliphatic hydroxyl groups is 2. The van der Waals surface area contributed by atoms with Gasteiger partial charge in [0.2, 0.25) is 0 Å². The third kappa shape index (κ3) is 1.48. The van der Waals surface area contributed by atoms with Gasteiger partial charge in [0.1, 0.15) is 6.10 Å². The summed E-state index contributed by atoms with van der Waals surface area (Å²) in [5.74, 6) is 0. The largest absolute Gasteiger partial charge is 0.390 e. The van der Waals surface area contributed by atoms with Crippen molar-refractivity contribution in [3.63, 3.8) is 0 Å². The van der Waals surface area contributed by atoms with Crippen LogP contribution in [0.25, 0.3) is 0 Å².